The van der Waals surface area contributed by atoms with Crippen LogP contribution >= 0.6 is 15.9 Å². The predicted octanol–water partition coefficient (Wildman–Crippen LogP) is 2.78. The lowest BCUT2D eigenvalue weighted by atomic mass is 9.89. The number of phenols is 2. The van der Waals surface area contributed by atoms with E-state index in [0.717, 1.165) is 25.7 Å². The van der Waals surface area contributed by atoms with Crippen LogP contribution in [0.4, 0.5) is 0 Å². The van der Waals surface area contributed by atoms with E-state index in [1.165, 1.54) is 18.2 Å². The van der Waals surface area contributed by atoms with Crippen molar-refractivity contribution in [1.29, 1.82) is 0 Å². The first kappa shape index (κ1) is 14.2. The van der Waals surface area contributed by atoms with Crippen LogP contribution in [0.5, 0.6) is 11.5 Å². The Balaban J connectivity index is 1.89. The van der Waals surface area contributed by atoms with Gasteiger partial charge < -0.3 is 15.5 Å². The number of phenolic OH excluding ortho intramolecular Hbond substituents is 2. The third-order valence-electron chi connectivity index (χ3n) is 3.55. The summed E-state index contributed by atoms with van der Waals surface area (Å²) in [6.45, 7) is 0.619. The summed E-state index contributed by atoms with van der Waals surface area (Å²) in [4.78, 5) is 12.5. The maximum Gasteiger partial charge on any atom is 0.255 e. The zero-order valence-electron chi connectivity index (χ0n) is 10.6. The maximum atomic E-state index is 11.9. The topological polar surface area (TPSA) is 69.6 Å². The van der Waals surface area contributed by atoms with Crippen LogP contribution in [0.2, 0.25) is 0 Å². The molecular formula is C14H18BrNO3. The number of carbonyl (C=O) groups excluding carboxylic acids is 1. The van der Waals surface area contributed by atoms with Gasteiger partial charge in [0.1, 0.15) is 11.5 Å². The average molecular weight is 328 g/mol. The second-order valence-electron chi connectivity index (χ2n) is 5.03. The van der Waals surface area contributed by atoms with E-state index in [2.05, 4.69) is 21.2 Å². The van der Waals surface area contributed by atoms with Gasteiger partial charge in [-0.05, 0) is 49.8 Å². The Morgan fingerprint density at radius 1 is 1.26 bits per heavy atom. The van der Waals surface area contributed by atoms with Gasteiger partial charge in [-0.3, -0.25) is 4.79 Å². The largest absolute Gasteiger partial charge is 0.508 e. The molecule has 0 saturated heterocycles. The summed E-state index contributed by atoms with van der Waals surface area (Å²) in [6, 6.07) is 3.95. The van der Waals surface area contributed by atoms with Crippen LogP contribution < -0.4 is 5.32 Å². The van der Waals surface area contributed by atoms with Gasteiger partial charge in [0.25, 0.3) is 5.91 Å². The Kier molecular flexibility index (Phi) is 4.69. The molecule has 1 aromatic carbocycles. The van der Waals surface area contributed by atoms with Crippen molar-refractivity contribution in [3.8, 4) is 11.5 Å². The van der Waals surface area contributed by atoms with Crippen LogP contribution in [0.3, 0.4) is 0 Å². The second-order valence-corrected chi connectivity index (χ2v) is 6.32. The maximum absolute atomic E-state index is 11.9. The summed E-state index contributed by atoms with van der Waals surface area (Å²) in [7, 11) is 0. The van der Waals surface area contributed by atoms with E-state index in [1.54, 1.807) is 0 Å². The molecule has 1 saturated carbocycles. The van der Waals surface area contributed by atoms with Gasteiger partial charge in [0.15, 0.2) is 0 Å². The molecule has 0 spiro atoms. The Labute approximate surface area is 121 Å². The van der Waals surface area contributed by atoms with Crippen LogP contribution in [-0.2, 0) is 0 Å². The first-order valence-corrected chi connectivity index (χ1v) is 7.42. The number of hydrogen-bond acceptors (Lipinski definition) is 3. The Morgan fingerprint density at radius 3 is 2.63 bits per heavy atom. The zero-order chi connectivity index (χ0) is 13.8. The summed E-state index contributed by atoms with van der Waals surface area (Å²) in [5.74, 6) is 0.0220. The van der Waals surface area contributed by atoms with Crippen LogP contribution in [0, 0.1) is 5.92 Å². The van der Waals surface area contributed by atoms with Crippen molar-refractivity contribution in [1.82, 2.24) is 5.32 Å². The molecule has 4 nitrogen and oxygen atoms in total. The van der Waals surface area contributed by atoms with Crippen LogP contribution in [0.25, 0.3) is 0 Å². The Hall–Kier alpha value is -1.23. The standard InChI is InChI=1S/C14H18BrNO3/c15-10-3-1-9(2-4-10)8-16-14(19)12-7-11(17)5-6-13(12)18/h5-7,9-10,17-18H,1-4,8H2,(H,16,19). The minimum absolute atomic E-state index is 0.0252. The normalized spacial score (nSPS) is 23.0. The Bertz CT molecular complexity index is 456. The van der Waals surface area contributed by atoms with Crippen molar-refractivity contribution in [2.24, 2.45) is 5.92 Å². The number of alkyl halides is 1. The third-order valence-corrected chi connectivity index (χ3v) is 4.47. The molecule has 0 radical (unpaired) electrons. The molecule has 0 aliphatic heterocycles. The molecule has 0 aromatic heterocycles. The Morgan fingerprint density at radius 2 is 1.95 bits per heavy atom. The lowest BCUT2D eigenvalue weighted by molar-refractivity contribution is 0.0940. The van der Waals surface area contributed by atoms with E-state index < -0.39 is 0 Å². The molecule has 19 heavy (non-hydrogen) atoms. The first-order valence-electron chi connectivity index (χ1n) is 6.50. The van der Waals surface area contributed by atoms with E-state index >= 15 is 0 Å². The van der Waals surface area contributed by atoms with E-state index in [-0.39, 0.29) is 23.0 Å². The molecule has 0 atom stereocenters. The summed E-state index contributed by atoms with van der Waals surface area (Å²) in [6.07, 6.45) is 4.47. The fraction of sp³-hybridized carbons (Fsp3) is 0.500. The highest BCUT2D eigenvalue weighted by Crippen LogP contribution is 2.28. The van der Waals surface area contributed by atoms with Crippen LogP contribution in [0.15, 0.2) is 18.2 Å². The van der Waals surface area contributed by atoms with Gasteiger partial charge in [0, 0.05) is 11.4 Å². The van der Waals surface area contributed by atoms with Gasteiger partial charge in [0.2, 0.25) is 0 Å². The number of rotatable bonds is 3. The summed E-state index contributed by atoms with van der Waals surface area (Å²) in [5, 5.41) is 21.8. The third kappa shape index (κ3) is 3.86. The number of carbonyl (C=O) groups is 1. The van der Waals surface area contributed by atoms with E-state index in [9.17, 15) is 15.0 Å². The number of amides is 1. The molecule has 0 heterocycles. The second kappa shape index (κ2) is 6.28. The quantitative estimate of drug-likeness (QED) is 0.590. The van der Waals surface area contributed by atoms with Gasteiger partial charge in [0.05, 0.1) is 5.56 Å². The molecule has 5 heteroatoms. The SMILES string of the molecule is O=C(NCC1CCC(Br)CC1)c1cc(O)ccc1O. The van der Waals surface area contributed by atoms with Gasteiger partial charge in [-0.15, -0.1) is 0 Å². The van der Waals surface area contributed by atoms with Crippen molar-refractivity contribution in [2.75, 3.05) is 6.54 Å². The predicted molar refractivity (Wildman–Crippen MR) is 76.8 cm³/mol. The smallest absolute Gasteiger partial charge is 0.255 e. The van der Waals surface area contributed by atoms with Crippen molar-refractivity contribution in [2.45, 2.75) is 30.5 Å². The number of benzene rings is 1. The fourth-order valence-electron chi connectivity index (χ4n) is 2.36. The molecule has 104 valence electrons. The highest BCUT2D eigenvalue weighted by molar-refractivity contribution is 9.09. The van der Waals surface area contributed by atoms with Gasteiger partial charge in [-0.25, -0.2) is 0 Å². The molecule has 1 amide bonds. The first-order chi connectivity index (χ1) is 9.06. The molecule has 3 N–H and O–H groups in total. The highest BCUT2D eigenvalue weighted by Gasteiger charge is 2.20. The van der Waals surface area contributed by atoms with Crippen molar-refractivity contribution in [3.63, 3.8) is 0 Å². The minimum Gasteiger partial charge on any atom is -0.508 e. The number of nitrogens with one attached hydrogen (secondary N) is 1. The molecule has 0 bridgehead atoms. The van der Waals surface area contributed by atoms with Crippen molar-refractivity contribution < 1.29 is 15.0 Å². The summed E-state index contributed by atoms with van der Waals surface area (Å²) in [5.41, 5.74) is 0.120. The van der Waals surface area contributed by atoms with Gasteiger partial charge in [-0.1, -0.05) is 15.9 Å². The van der Waals surface area contributed by atoms with E-state index in [4.69, 9.17) is 0 Å². The summed E-state index contributed by atoms with van der Waals surface area (Å²) < 4.78 is 0. The molecule has 1 aliphatic carbocycles. The number of hydrogen-bond donors (Lipinski definition) is 3. The summed E-state index contributed by atoms with van der Waals surface area (Å²) >= 11 is 3.60. The molecule has 1 aromatic rings. The minimum atomic E-state index is -0.339. The molecule has 1 aliphatic rings. The van der Waals surface area contributed by atoms with Crippen molar-refractivity contribution in [3.05, 3.63) is 23.8 Å². The lowest BCUT2D eigenvalue weighted by Crippen LogP contribution is -2.31. The zero-order valence-corrected chi connectivity index (χ0v) is 12.2. The van der Waals surface area contributed by atoms with Gasteiger partial charge >= 0.3 is 0 Å². The van der Waals surface area contributed by atoms with Crippen LogP contribution in [-0.4, -0.2) is 27.5 Å². The van der Waals surface area contributed by atoms with Gasteiger partial charge in [-0.2, -0.15) is 0 Å². The number of aromatic hydroxyl groups is 2. The van der Waals surface area contributed by atoms with E-state index in [0.29, 0.717) is 17.3 Å². The molecule has 0 unspecified atom stereocenters. The lowest BCUT2D eigenvalue weighted by Gasteiger charge is -2.25. The van der Waals surface area contributed by atoms with Crippen LogP contribution in [0.1, 0.15) is 36.0 Å². The highest BCUT2D eigenvalue weighted by atomic mass is 79.9. The monoisotopic (exact) mass is 327 g/mol. The molecule has 1 fully saturated rings. The van der Waals surface area contributed by atoms with Crippen molar-refractivity contribution >= 4 is 21.8 Å². The fourth-order valence-corrected chi connectivity index (χ4v) is 2.89. The molecule has 2 rings (SSSR count). The average Bonchev–Trinajstić information content (AvgIpc) is 2.40. The van der Waals surface area contributed by atoms with E-state index in [1.807, 2.05) is 0 Å². The number of halogens is 1. The molecular weight excluding hydrogens is 310 g/mol.